The Labute approximate surface area is 180 Å². The number of hydrogen-bond donors (Lipinski definition) is 1. The third-order valence-corrected chi connectivity index (χ3v) is 5.81. The van der Waals surface area contributed by atoms with Crippen LogP contribution in [0, 0.1) is 0 Å². The van der Waals surface area contributed by atoms with Gasteiger partial charge in [-0.3, -0.25) is 14.5 Å². The molecule has 1 aliphatic heterocycles. The number of rotatable bonds is 6. The predicted octanol–water partition coefficient (Wildman–Crippen LogP) is 2.53. The molecule has 8 nitrogen and oxygen atoms in total. The molecule has 1 fully saturated rings. The molecule has 0 saturated carbocycles. The van der Waals surface area contributed by atoms with Crippen LogP contribution in [0.25, 0.3) is 11.1 Å². The van der Waals surface area contributed by atoms with E-state index in [1.54, 1.807) is 0 Å². The lowest BCUT2D eigenvalue weighted by Gasteiger charge is -2.29. The molecular formula is C23H24N2O6. The largest absolute Gasteiger partial charge is 0.481 e. The summed E-state index contributed by atoms with van der Waals surface area (Å²) in [7, 11) is 1.39. The van der Waals surface area contributed by atoms with Crippen LogP contribution >= 0.6 is 0 Å². The molecule has 0 radical (unpaired) electrons. The summed E-state index contributed by atoms with van der Waals surface area (Å²) >= 11 is 0. The summed E-state index contributed by atoms with van der Waals surface area (Å²) in [6, 6.07) is 14.8. The number of benzene rings is 2. The maximum absolute atomic E-state index is 12.8. The van der Waals surface area contributed by atoms with Crippen molar-refractivity contribution in [2.45, 2.75) is 18.4 Å². The molecule has 2 aliphatic rings. The highest BCUT2D eigenvalue weighted by Gasteiger charge is 2.36. The summed E-state index contributed by atoms with van der Waals surface area (Å²) in [5, 5.41) is 9.25. The van der Waals surface area contributed by atoms with Gasteiger partial charge in [0.1, 0.15) is 19.4 Å². The Balaban J connectivity index is 1.48. The highest BCUT2D eigenvalue weighted by molar-refractivity contribution is 5.89. The van der Waals surface area contributed by atoms with Crippen LogP contribution in [-0.2, 0) is 19.1 Å². The summed E-state index contributed by atoms with van der Waals surface area (Å²) < 4.78 is 10.7. The number of likely N-dealkylation sites (N-methyl/N-ethyl adjacent to an activating group) is 1. The van der Waals surface area contributed by atoms with Crippen LogP contribution in [0.1, 0.15) is 23.5 Å². The van der Waals surface area contributed by atoms with Crippen LogP contribution in [0.4, 0.5) is 4.79 Å². The Kier molecular flexibility index (Phi) is 5.90. The van der Waals surface area contributed by atoms with Gasteiger partial charge in [-0.25, -0.2) is 4.79 Å². The fourth-order valence-electron chi connectivity index (χ4n) is 4.18. The number of carbonyl (C=O) groups is 3. The average Bonchev–Trinajstić information content (AvgIpc) is 3.42. The van der Waals surface area contributed by atoms with E-state index in [0.29, 0.717) is 13.2 Å². The molecule has 8 heteroatoms. The Morgan fingerprint density at radius 2 is 1.74 bits per heavy atom. The lowest BCUT2D eigenvalue weighted by Crippen LogP contribution is -2.50. The Morgan fingerprint density at radius 1 is 1.13 bits per heavy atom. The minimum Gasteiger partial charge on any atom is -0.481 e. The van der Waals surface area contributed by atoms with Gasteiger partial charge >= 0.3 is 12.1 Å². The number of hydrogen-bond acceptors (Lipinski definition) is 5. The van der Waals surface area contributed by atoms with Crippen molar-refractivity contribution in [3.63, 3.8) is 0 Å². The van der Waals surface area contributed by atoms with E-state index in [-0.39, 0.29) is 19.3 Å². The molecular weight excluding hydrogens is 400 g/mol. The minimum absolute atomic E-state index is 0.0908. The third-order valence-electron chi connectivity index (χ3n) is 5.81. The molecule has 1 saturated heterocycles. The van der Waals surface area contributed by atoms with E-state index in [9.17, 15) is 19.5 Å². The first-order valence-corrected chi connectivity index (χ1v) is 10.1. The minimum atomic E-state index is -1.17. The molecule has 0 bridgehead atoms. The second kappa shape index (κ2) is 8.77. The number of ether oxygens (including phenoxy) is 2. The molecule has 1 N–H and O–H groups in total. The summed E-state index contributed by atoms with van der Waals surface area (Å²) in [6.45, 7) is 0.944. The topological polar surface area (TPSA) is 96.4 Å². The van der Waals surface area contributed by atoms with Gasteiger partial charge in [-0.1, -0.05) is 48.5 Å². The summed E-state index contributed by atoms with van der Waals surface area (Å²) in [5.41, 5.74) is 4.37. The van der Waals surface area contributed by atoms with Crippen molar-refractivity contribution in [3.05, 3.63) is 59.7 Å². The van der Waals surface area contributed by atoms with Crippen molar-refractivity contribution >= 4 is 18.0 Å². The first-order chi connectivity index (χ1) is 15.0. The van der Waals surface area contributed by atoms with Gasteiger partial charge in [-0.05, 0) is 22.3 Å². The number of nitrogens with zero attached hydrogens (tertiary/aromatic N) is 2. The van der Waals surface area contributed by atoms with Crippen molar-refractivity contribution in [2.75, 3.05) is 33.5 Å². The second-order valence-corrected chi connectivity index (χ2v) is 7.67. The van der Waals surface area contributed by atoms with E-state index < -0.39 is 30.4 Å². The Bertz CT molecular complexity index is 956. The van der Waals surface area contributed by atoms with E-state index in [4.69, 9.17) is 9.47 Å². The summed E-state index contributed by atoms with van der Waals surface area (Å²) in [6.07, 6.45) is -1.24. The van der Waals surface area contributed by atoms with E-state index in [1.165, 1.54) is 11.9 Å². The second-order valence-electron chi connectivity index (χ2n) is 7.67. The normalized spacial score (nSPS) is 15.8. The zero-order valence-corrected chi connectivity index (χ0v) is 17.2. The monoisotopic (exact) mass is 424 g/mol. The molecule has 162 valence electrons. The van der Waals surface area contributed by atoms with Crippen LogP contribution in [0.5, 0.6) is 0 Å². The fraction of sp³-hybridized carbons (Fsp3) is 0.348. The van der Waals surface area contributed by atoms with Crippen molar-refractivity contribution in [3.8, 4) is 11.1 Å². The maximum atomic E-state index is 12.8. The van der Waals surface area contributed by atoms with E-state index in [2.05, 4.69) is 0 Å². The van der Waals surface area contributed by atoms with Gasteiger partial charge in [0.15, 0.2) is 0 Å². The van der Waals surface area contributed by atoms with Crippen LogP contribution in [-0.4, -0.2) is 72.5 Å². The summed E-state index contributed by atoms with van der Waals surface area (Å²) in [5.74, 6) is -1.75. The first kappa shape index (κ1) is 20.9. The van der Waals surface area contributed by atoms with E-state index in [1.807, 2.05) is 48.5 Å². The van der Waals surface area contributed by atoms with Crippen LogP contribution < -0.4 is 0 Å². The van der Waals surface area contributed by atoms with Crippen LogP contribution in [0.3, 0.4) is 0 Å². The number of carbonyl (C=O) groups excluding carboxylic acids is 2. The molecule has 31 heavy (non-hydrogen) atoms. The number of fused-ring (bicyclic) bond motifs is 3. The van der Waals surface area contributed by atoms with Gasteiger partial charge in [-0.15, -0.1) is 0 Å². The van der Waals surface area contributed by atoms with Crippen LogP contribution in [0.15, 0.2) is 48.5 Å². The molecule has 0 unspecified atom stereocenters. The van der Waals surface area contributed by atoms with E-state index in [0.717, 1.165) is 27.2 Å². The lowest BCUT2D eigenvalue weighted by atomic mass is 9.98. The number of amides is 2. The first-order valence-electron chi connectivity index (χ1n) is 10.1. The number of aliphatic carboxylic acids is 1. The van der Waals surface area contributed by atoms with Crippen LogP contribution in [0.2, 0.25) is 0 Å². The molecule has 2 aromatic rings. The number of carboxylic acid groups (broad SMARTS) is 1. The smallest absolute Gasteiger partial charge is 0.410 e. The highest BCUT2D eigenvalue weighted by atomic mass is 16.6. The lowest BCUT2D eigenvalue weighted by molar-refractivity contribution is -0.145. The van der Waals surface area contributed by atoms with Gasteiger partial charge in [0.2, 0.25) is 5.91 Å². The standard InChI is InChI=1S/C23H24N2O6/c1-24(20(12-21(26)27)22(28)25-10-11-30-14-25)23(29)31-13-19-17-8-4-2-6-15(17)16-7-3-5-9-18(16)19/h2-9,19-20H,10-14H2,1H3,(H,26,27)/t20-/m0/s1. The van der Waals surface area contributed by atoms with Crippen molar-refractivity contribution < 1.29 is 29.0 Å². The fourth-order valence-corrected chi connectivity index (χ4v) is 4.18. The molecule has 2 aromatic carbocycles. The predicted molar refractivity (Wildman–Crippen MR) is 111 cm³/mol. The Hall–Kier alpha value is -3.39. The van der Waals surface area contributed by atoms with Crippen molar-refractivity contribution in [1.29, 1.82) is 0 Å². The maximum Gasteiger partial charge on any atom is 0.410 e. The quantitative estimate of drug-likeness (QED) is 0.766. The molecule has 0 aromatic heterocycles. The van der Waals surface area contributed by atoms with Gasteiger partial charge < -0.3 is 19.5 Å². The molecule has 1 heterocycles. The molecule has 0 spiro atoms. The Morgan fingerprint density at radius 3 is 2.29 bits per heavy atom. The van der Waals surface area contributed by atoms with Gasteiger partial charge in [0.05, 0.1) is 13.0 Å². The van der Waals surface area contributed by atoms with Gasteiger partial charge in [-0.2, -0.15) is 0 Å². The zero-order valence-electron chi connectivity index (χ0n) is 17.2. The van der Waals surface area contributed by atoms with E-state index >= 15 is 0 Å². The van der Waals surface area contributed by atoms with Crippen molar-refractivity contribution in [2.24, 2.45) is 0 Å². The molecule has 2 amide bonds. The number of carboxylic acids is 1. The average molecular weight is 424 g/mol. The van der Waals surface area contributed by atoms with Gasteiger partial charge in [0, 0.05) is 19.5 Å². The third kappa shape index (κ3) is 4.11. The molecule has 1 atom stereocenters. The zero-order chi connectivity index (χ0) is 22.0. The van der Waals surface area contributed by atoms with Gasteiger partial charge in [0.25, 0.3) is 0 Å². The summed E-state index contributed by atoms with van der Waals surface area (Å²) in [4.78, 5) is 39.3. The molecule has 4 rings (SSSR count). The SMILES string of the molecule is CN(C(=O)OCC1c2ccccc2-c2ccccc21)[C@@H](CC(=O)O)C(=O)N1CCOC1. The highest BCUT2D eigenvalue weighted by Crippen LogP contribution is 2.44. The van der Waals surface area contributed by atoms with Crippen molar-refractivity contribution in [1.82, 2.24) is 9.80 Å². The molecule has 1 aliphatic carbocycles.